The van der Waals surface area contributed by atoms with Crippen LogP contribution in [0.15, 0.2) is 36.4 Å². The van der Waals surface area contributed by atoms with Gasteiger partial charge >= 0.3 is 0 Å². The van der Waals surface area contributed by atoms with Gasteiger partial charge in [-0.25, -0.2) is 17.6 Å². The Kier molecular flexibility index (Phi) is 4.96. The third-order valence-corrected chi connectivity index (χ3v) is 3.15. The van der Waals surface area contributed by atoms with Crippen molar-refractivity contribution < 1.29 is 17.6 Å². The van der Waals surface area contributed by atoms with Gasteiger partial charge in [-0.15, -0.1) is 0 Å². The molecule has 0 radical (unpaired) electrons. The molecule has 0 fully saturated rings. The molecule has 5 heteroatoms. The molecule has 0 heterocycles. The number of halogens is 4. The van der Waals surface area contributed by atoms with Gasteiger partial charge < -0.3 is 5.32 Å². The van der Waals surface area contributed by atoms with E-state index in [1.807, 2.05) is 6.92 Å². The van der Waals surface area contributed by atoms with E-state index in [9.17, 15) is 17.6 Å². The highest BCUT2D eigenvalue weighted by Crippen LogP contribution is 2.23. The molecule has 112 valence electrons. The van der Waals surface area contributed by atoms with Crippen LogP contribution in [-0.2, 0) is 6.42 Å². The molecule has 1 nitrogen and oxygen atoms in total. The molecule has 2 rings (SSSR count). The highest BCUT2D eigenvalue weighted by Gasteiger charge is 2.17. The first-order chi connectivity index (χ1) is 9.99. The van der Waals surface area contributed by atoms with Gasteiger partial charge in [-0.05, 0) is 48.9 Å². The van der Waals surface area contributed by atoms with Gasteiger partial charge in [0.1, 0.15) is 23.3 Å². The monoisotopic (exact) mass is 297 g/mol. The Balaban J connectivity index is 2.32. The number of likely N-dealkylation sites (N-methyl/N-ethyl adjacent to an activating group) is 1. The molecule has 0 aromatic heterocycles. The average molecular weight is 297 g/mol. The summed E-state index contributed by atoms with van der Waals surface area (Å²) in [6.45, 7) is 2.33. The van der Waals surface area contributed by atoms with Crippen molar-refractivity contribution in [1.82, 2.24) is 5.32 Å². The van der Waals surface area contributed by atoms with Gasteiger partial charge in [-0.2, -0.15) is 0 Å². The third kappa shape index (κ3) is 4.04. The highest BCUT2D eigenvalue weighted by atomic mass is 19.1. The Hall–Kier alpha value is -1.88. The van der Waals surface area contributed by atoms with E-state index in [4.69, 9.17) is 0 Å². The van der Waals surface area contributed by atoms with E-state index in [0.29, 0.717) is 12.1 Å². The first-order valence-corrected chi connectivity index (χ1v) is 6.63. The van der Waals surface area contributed by atoms with Crippen LogP contribution in [-0.4, -0.2) is 6.54 Å². The first kappa shape index (κ1) is 15.5. The molecular weight excluding hydrogens is 282 g/mol. The first-order valence-electron chi connectivity index (χ1n) is 6.63. The number of hydrogen-bond donors (Lipinski definition) is 1. The minimum Gasteiger partial charge on any atom is -0.310 e. The summed E-state index contributed by atoms with van der Waals surface area (Å²) in [7, 11) is 0. The minimum absolute atomic E-state index is 0.140. The van der Waals surface area contributed by atoms with Gasteiger partial charge in [0, 0.05) is 17.7 Å². The van der Waals surface area contributed by atoms with E-state index in [-0.39, 0.29) is 12.0 Å². The van der Waals surface area contributed by atoms with Crippen molar-refractivity contribution in [3.8, 4) is 0 Å². The smallest absolute Gasteiger partial charge is 0.128 e. The van der Waals surface area contributed by atoms with E-state index >= 15 is 0 Å². The fraction of sp³-hybridized carbons (Fsp3) is 0.250. The maximum atomic E-state index is 13.8. The molecule has 2 aromatic carbocycles. The normalized spacial score (nSPS) is 12.4. The Bertz CT molecular complexity index is 607. The summed E-state index contributed by atoms with van der Waals surface area (Å²) < 4.78 is 53.6. The summed E-state index contributed by atoms with van der Waals surface area (Å²) in [6, 6.07) is 5.75. The lowest BCUT2D eigenvalue weighted by atomic mass is 9.98. The summed E-state index contributed by atoms with van der Waals surface area (Å²) >= 11 is 0. The van der Waals surface area contributed by atoms with Crippen molar-refractivity contribution in [3.05, 3.63) is 70.8 Å². The molecule has 0 bridgehead atoms. The lowest BCUT2D eigenvalue weighted by Crippen LogP contribution is -2.24. The zero-order valence-electron chi connectivity index (χ0n) is 11.5. The Morgan fingerprint density at radius 3 is 2.19 bits per heavy atom. The Morgan fingerprint density at radius 2 is 1.57 bits per heavy atom. The molecule has 0 saturated carbocycles. The molecule has 0 saturated heterocycles. The van der Waals surface area contributed by atoms with Crippen LogP contribution in [0, 0.1) is 23.3 Å². The minimum atomic E-state index is -0.694. The van der Waals surface area contributed by atoms with E-state index in [0.717, 1.165) is 24.3 Å². The third-order valence-electron chi connectivity index (χ3n) is 3.15. The molecule has 1 unspecified atom stereocenters. The van der Waals surface area contributed by atoms with Crippen LogP contribution in [0.1, 0.15) is 24.1 Å². The fourth-order valence-electron chi connectivity index (χ4n) is 2.28. The molecule has 0 aliphatic carbocycles. The van der Waals surface area contributed by atoms with Gasteiger partial charge in [-0.1, -0.05) is 6.92 Å². The summed E-state index contributed by atoms with van der Waals surface area (Å²) in [6.07, 6.45) is 0.156. The lowest BCUT2D eigenvalue weighted by Gasteiger charge is -2.19. The summed E-state index contributed by atoms with van der Waals surface area (Å²) in [5, 5.41) is 3.00. The standard InChI is InChI=1S/C16H15F4N/c1-2-21-16(14-9-11(17)3-4-15(14)20)7-10-5-12(18)8-13(19)6-10/h3-6,8-9,16,21H,2,7H2,1H3. The molecule has 21 heavy (non-hydrogen) atoms. The van der Waals surface area contributed by atoms with Gasteiger partial charge in [-0.3, -0.25) is 0 Å². The Morgan fingerprint density at radius 1 is 0.905 bits per heavy atom. The van der Waals surface area contributed by atoms with E-state index in [1.165, 1.54) is 12.1 Å². The summed E-state index contributed by atoms with van der Waals surface area (Å²) in [5.74, 6) is -2.50. The van der Waals surface area contributed by atoms with Crippen molar-refractivity contribution in [2.45, 2.75) is 19.4 Å². The van der Waals surface area contributed by atoms with Gasteiger partial charge in [0.05, 0.1) is 0 Å². The number of hydrogen-bond acceptors (Lipinski definition) is 1. The molecular formula is C16H15F4N. The van der Waals surface area contributed by atoms with Crippen LogP contribution in [0.25, 0.3) is 0 Å². The van der Waals surface area contributed by atoms with E-state index in [1.54, 1.807) is 0 Å². The number of nitrogens with one attached hydrogen (secondary N) is 1. The van der Waals surface area contributed by atoms with Crippen LogP contribution < -0.4 is 5.32 Å². The number of rotatable bonds is 5. The second-order valence-electron chi connectivity index (χ2n) is 4.76. The van der Waals surface area contributed by atoms with Crippen LogP contribution in [0.3, 0.4) is 0 Å². The van der Waals surface area contributed by atoms with Gasteiger partial charge in [0.25, 0.3) is 0 Å². The molecule has 0 amide bonds. The van der Waals surface area contributed by atoms with Crippen molar-refractivity contribution in [2.75, 3.05) is 6.54 Å². The largest absolute Gasteiger partial charge is 0.310 e. The van der Waals surface area contributed by atoms with Crippen LogP contribution in [0.4, 0.5) is 17.6 Å². The second-order valence-corrected chi connectivity index (χ2v) is 4.76. The summed E-state index contributed by atoms with van der Waals surface area (Å²) in [5.41, 5.74) is 0.517. The molecule has 2 aromatic rings. The Labute approximate surface area is 120 Å². The van der Waals surface area contributed by atoms with Crippen LogP contribution in [0.2, 0.25) is 0 Å². The van der Waals surface area contributed by atoms with Crippen molar-refractivity contribution >= 4 is 0 Å². The van der Waals surface area contributed by atoms with E-state index in [2.05, 4.69) is 5.32 Å². The zero-order valence-corrected chi connectivity index (χ0v) is 11.5. The molecule has 1 N–H and O–H groups in total. The van der Waals surface area contributed by atoms with Gasteiger partial charge in [0.2, 0.25) is 0 Å². The van der Waals surface area contributed by atoms with Crippen molar-refractivity contribution in [3.63, 3.8) is 0 Å². The predicted molar refractivity (Wildman–Crippen MR) is 72.8 cm³/mol. The maximum absolute atomic E-state index is 13.8. The van der Waals surface area contributed by atoms with Crippen LogP contribution >= 0.6 is 0 Å². The van der Waals surface area contributed by atoms with Gasteiger partial charge in [0.15, 0.2) is 0 Å². The zero-order chi connectivity index (χ0) is 15.4. The van der Waals surface area contributed by atoms with Crippen LogP contribution in [0.5, 0.6) is 0 Å². The van der Waals surface area contributed by atoms with E-state index < -0.39 is 29.3 Å². The molecule has 1 atom stereocenters. The molecule has 0 spiro atoms. The van der Waals surface area contributed by atoms with Crippen molar-refractivity contribution in [2.24, 2.45) is 0 Å². The van der Waals surface area contributed by atoms with Crippen molar-refractivity contribution in [1.29, 1.82) is 0 Å². The average Bonchev–Trinajstić information content (AvgIpc) is 2.40. The summed E-state index contributed by atoms with van der Waals surface area (Å²) in [4.78, 5) is 0. The fourth-order valence-corrected chi connectivity index (χ4v) is 2.28. The lowest BCUT2D eigenvalue weighted by molar-refractivity contribution is 0.499. The molecule has 0 aliphatic rings. The second kappa shape index (κ2) is 6.72. The quantitative estimate of drug-likeness (QED) is 0.818. The SMILES string of the molecule is CCNC(Cc1cc(F)cc(F)c1)c1cc(F)ccc1F. The predicted octanol–water partition coefficient (Wildman–Crippen LogP) is 4.14. The number of benzene rings is 2. The maximum Gasteiger partial charge on any atom is 0.128 e. The highest BCUT2D eigenvalue weighted by molar-refractivity contribution is 5.26. The molecule has 0 aliphatic heterocycles. The topological polar surface area (TPSA) is 12.0 Å².